The number of nitriles is 1. The molecule has 1 aromatic carbocycles. The van der Waals surface area contributed by atoms with Gasteiger partial charge >= 0.3 is 7.41 Å². The van der Waals surface area contributed by atoms with E-state index in [1.54, 1.807) is 47.2 Å². The highest BCUT2D eigenvalue weighted by atomic mass is 35.5. The van der Waals surface area contributed by atoms with Gasteiger partial charge in [0.05, 0.1) is 5.56 Å². The van der Waals surface area contributed by atoms with E-state index in [0.717, 1.165) is 5.56 Å². The summed E-state index contributed by atoms with van der Waals surface area (Å²) in [7, 11) is 1.32. The molecule has 0 bridgehead atoms. The van der Waals surface area contributed by atoms with Crippen LogP contribution < -0.4 is 15.3 Å². The van der Waals surface area contributed by atoms with Crippen molar-refractivity contribution in [2.45, 2.75) is 13.0 Å². The molecule has 0 aliphatic rings. The van der Waals surface area contributed by atoms with Crippen molar-refractivity contribution in [1.82, 2.24) is 10.9 Å². The van der Waals surface area contributed by atoms with Crippen molar-refractivity contribution >= 4 is 36.5 Å². The molecule has 0 aliphatic heterocycles. The van der Waals surface area contributed by atoms with Crippen LogP contribution in [0.15, 0.2) is 42.7 Å². The molecule has 1 aromatic heterocycles. The molecule has 0 saturated carbocycles. The quantitative estimate of drug-likeness (QED) is 0.644. The Labute approximate surface area is 145 Å². The summed E-state index contributed by atoms with van der Waals surface area (Å²) < 4.78 is 1.56. The standard InChI is InChI=1S/C15H13BCl2N4O/c1-10(13-3-2-12(17)8-14(13)18)20-21-15(23)11-4-6-22(7-5-11)16-9-19/h2-8,10,20H,1H3,(H,21,23)/q+1. The molecule has 5 nitrogen and oxygen atoms in total. The van der Waals surface area contributed by atoms with Gasteiger partial charge in [-0.2, -0.15) is 0 Å². The molecule has 2 rings (SSSR count). The van der Waals surface area contributed by atoms with E-state index in [-0.39, 0.29) is 11.9 Å². The number of carbonyl (C=O) groups is 1. The second kappa shape index (κ2) is 7.98. The van der Waals surface area contributed by atoms with Gasteiger partial charge in [0.1, 0.15) is 18.4 Å². The van der Waals surface area contributed by atoms with Gasteiger partial charge in [-0.15, -0.1) is 0 Å². The van der Waals surface area contributed by atoms with E-state index in [4.69, 9.17) is 28.5 Å². The summed E-state index contributed by atoms with van der Waals surface area (Å²) in [5, 5.41) is 9.64. The van der Waals surface area contributed by atoms with Gasteiger partial charge in [0.25, 0.3) is 5.91 Å². The van der Waals surface area contributed by atoms with Crippen molar-refractivity contribution in [3.8, 4) is 5.97 Å². The normalized spacial score (nSPS) is 11.4. The zero-order chi connectivity index (χ0) is 16.8. The number of amides is 1. The topological polar surface area (TPSA) is 68.8 Å². The first-order valence-corrected chi connectivity index (χ1v) is 7.51. The van der Waals surface area contributed by atoms with E-state index in [1.807, 2.05) is 12.9 Å². The minimum Gasteiger partial charge on any atom is -0.287 e. The Hall–Kier alpha value is -2.07. The SMILES string of the molecule is CC(NNC(=O)c1cc[n+]([B]C#N)cc1)c1ccc(Cl)cc1Cl. The monoisotopic (exact) mass is 346 g/mol. The van der Waals surface area contributed by atoms with Crippen LogP contribution in [0.3, 0.4) is 0 Å². The van der Waals surface area contributed by atoms with Crippen LogP contribution in [0.1, 0.15) is 28.9 Å². The summed E-state index contributed by atoms with van der Waals surface area (Å²) >= 11 is 12.0. The number of pyridine rings is 1. The van der Waals surface area contributed by atoms with Gasteiger partial charge in [0.15, 0.2) is 0 Å². The summed E-state index contributed by atoms with van der Waals surface area (Å²) in [5.41, 5.74) is 6.82. The summed E-state index contributed by atoms with van der Waals surface area (Å²) in [4.78, 5) is 12.1. The summed E-state index contributed by atoms with van der Waals surface area (Å²) in [6.07, 6.45) is 3.25. The molecule has 0 spiro atoms. The fourth-order valence-corrected chi connectivity index (χ4v) is 2.49. The maximum absolute atomic E-state index is 12.1. The first kappa shape index (κ1) is 17.3. The summed E-state index contributed by atoms with van der Waals surface area (Å²) in [5.74, 6) is 1.62. The fourth-order valence-electron chi connectivity index (χ4n) is 1.92. The van der Waals surface area contributed by atoms with Crippen LogP contribution >= 0.6 is 23.2 Å². The predicted octanol–water partition coefficient (Wildman–Crippen LogP) is 2.22. The average molecular weight is 347 g/mol. The molecule has 1 unspecified atom stereocenters. The molecule has 1 atom stereocenters. The molecule has 0 fully saturated rings. The van der Waals surface area contributed by atoms with Crippen LogP contribution in [0.25, 0.3) is 0 Å². The third-order valence-corrected chi connectivity index (χ3v) is 3.72. The molecular formula is C15H13BCl2N4O+. The maximum atomic E-state index is 12.1. The number of hydrazine groups is 1. The van der Waals surface area contributed by atoms with Crippen LogP contribution in [0.5, 0.6) is 0 Å². The lowest BCUT2D eigenvalue weighted by atomic mass is 9.98. The van der Waals surface area contributed by atoms with Crippen molar-refractivity contribution in [3.63, 3.8) is 0 Å². The third-order valence-electron chi connectivity index (χ3n) is 3.15. The molecule has 1 amide bonds. The van der Waals surface area contributed by atoms with Crippen LogP contribution in [-0.2, 0) is 0 Å². The predicted molar refractivity (Wildman–Crippen MR) is 88.9 cm³/mol. The second-order valence-corrected chi connectivity index (χ2v) is 5.62. The molecule has 115 valence electrons. The Bertz CT molecular complexity index is 746. The van der Waals surface area contributed by atoms with Crippen LogP contribution in [-0.4, -0.2) is 13.3 Å². The zero-order valence-electron chi connectivity index (χ0n) is 12.3. The Kier molecular flexibility index (Phi) is 6.00. The number of hydrogen-bond acceptors (Lipinski definition) is 3. The van der Waals surface area contributed by atoms with Gasteiger partial charge in [0.2, 0.25) is 0 Å². The molecule has 23 heavy (non-hydrogen) atoms. The molecule has 1 radical (unpaired) electrons. The van der Waals surface area contributed by atoms with Crippen molar-refractivity contribution in [3.05, 3.63) is 63.9 Å². The minimum absolute atomic E-state index is 0.190. The first-order chi connectivity index (χ1) is 11.0. The number of nitrogens with zero attached hydrogens (tertiary/aromatic N) is 2. The number of benzene rings is 1. The molecule has 2 aromatic rings. The van der Waals surface area contributed by atoms with Crippen molar-refractivity contribution < 1.29 is 9.27 Å². The van der Waals surface area contributed by atoms with Gasteiger partial charge in [0, 0.05) is 28.2 Å². The van der Waals surface area contributed by atoms with Crippen LogP contribution in [0.4, 0.5) is 0 Å². The number of nitrogens with one attached hydrogen (secondary N) is 2. The molecule has 0 saturated heterocycles. The van der Waals surface area contributed by atoms with E-state index < -0.39 is 0 Å². The zero-order valence-corrected chi connectivity index (χ0v) is 13.8. The third kappa shape index (κ3) is 4.70. The highest BCUT2D eigenvalue weighted by Gasteiger charge is 2.13. The average Bonchev–Trinajstić information content (AvgIpc) is 2.53. The molecule has 1 heterocycles. The summed E-state index contributed by atoms with van der Waals surface area (Å²) in [6, 6.07) is 8.24. The number of carbonyl (C=O) groups excluding carboxylic acids is 1. The molecule has 8 heteroatoms. The van der Waals surface area contributed by atoms with E-state index in [2.05, 4.69) is 10.9 Å². The van der Waals surface area contributed by atoms with E-state index in [0.29, 0.717) is 15.6 Å². The van der Waals surface area contributed by atoms with Crippen molar-refractivity contribution in [2.24, 2.45) is 0 Å². The Balaban J connectivity index is 1.96. The highest BCUT2D eigenvalue weighted by molar-refractivity contribution is 6.35. The van der Waals surface area contributed by atoms with E-state index in [1.165, 1.54) is 7.41 Å². The number of halogens is 2. The molecule has 2 N–H and O–H groups in total. The minimum atomic E-state index is -0.286. The molecular weight excluding hydrogens is 334 g/mol. The number of hydrogen-bond donors (Lipinski definition) is 2. The Morgan fingerprint density at radius 1 is 1.30 bits per heavy atom. The first-order valence-electron chi connectivity index (χ1n) is 6.76. The highest BCUT2D eigenvalue weighted by Crippen LogP contribution is 2.25. The fraction of sp³-hybridized carbons (Fsp3) is 0.133. The van der Waals surface area contributed by atoms with Crippen LogP contribution in [0.2, 0.25) is 10.0 Å². The van der Waals surface area contributed by atoms with Gasteiger partial charge in [-0.1, -0.05) is 29.3 Å². The smallest absolute Gasteiger partial charge is 0.287 e. The Morgan fingerprint density at radius 2 is 2.00 bits per heavy atom. The van der Waals surface area contributed by atoms with Gasteiger partial charge in [-0.05, 0) is 24.6 Å². The molecule has 0 aliphatic carbocycles. The number of rotatable bonds is 5. The maximum Gasteiger partial charge on any atom is 0.671 e. The lowest BCUT2D eigenvalue weighted by Crippen LogP contribution is -2.41. The summed E-state index contributed by atoms with van der Waals surface area (Å²) in [6.45, 7) is 1.87. The largest absolute Gasteiger partial charge is 0.671 e. The number of aromatic nitrogens is 1. The van der Waals surface area contributed by atoms with Crippen LogP contribution in [0, 0.1) is 11.2 Å². The van der Waals surface area contributed by atoms with Crippen molar-refractivity contribution in [2.75, 3.05) is 0 Å². The lowest BCUT2D eigenvalue weighted by molar-refractivity contribution is -0.527. The lowest BCUT2D eigenvalue weighted by Gasteiger charge is -2.16. The van der Waals surface area contributed by atoms with Gasteiger partial charge < -0.3 is 0 Å². The second-order valence-electron chi connectivity index (χ2n) is 4.78. The van der Waals surface area contributed by atoms with Gasteiger partial charge in [-0.3, -0.25) is 14.7 Å². The van der Waals surface area contributed by atoms with E-state index >= 15 is 0 Å². The van der Waals surface area contributed by atoms with Gasteiger partial charge in [-0.25, -0.2) is 10.7 Å². The Morgan fingerprint density at radius 3 is 2.61 bits per heavy atom. The van der Waals surface area contributed by atoms with E-state index in [9.17, 15) is 4.79 Å². The van der Waals surface area contributed by atoms with Crippen molar-refractivity contribution in [1.29, 1.82) is 5.26 Å².